The summed E-state index contributed by atoms with van der Waals surface area (Å²) in [5.74, 6) is 0.103. The van der Waals surface area contributed by atoms with Crippen LogP contribution in [-0.4, -0.2) is 35.4 Å². The molecule has 1 aliphatic rings. The van der Waals surface area contributed by atoms with Crippen LogP contribution in [0.5, 0.6) is 0 Å². The van der Waals surface area contributed by atoms with Crippen LogP contribution >= 0.6 is 0 Å². The van der Waals surface area contributed by atoms with Gasteiger partial charge in [-0.25, -0.2) is 0 Å². The van der Waals surface area contributed by atoms with Crippen LogP contribution < -0.4 is 5.73 Å². The number of amidine groups is 1. The van der Waals surface area contributed by atoms with Crippen LogP contribution in [0.1, 0.15) is 32.6 Å². The van der Waals surface area contributed by atoms with Crippen molar-refractivity contribution < 1.29 is 10.0 Å². The zero-order chi connectivity index (χ0) is 12.1. The van der Waals surface area contributed by atoms with Gasteiger partial charge in [0.05, 0.1) is 5.92 Å². The smallest absolute Gasteiger partial charge is 0.233 e. The van der Waals surface area contributed by atoms with Crippen LogP contribution in [0.15, 0.2) is 5.16 Å². The molecule has 0 aliphatic heterocycles. The minimum Gasteiger partial charge on any atom is -0.409 e. The third-order valence-corrected chi connectivity index (χ3v) is 3.31. The summed E-state index contributed by atoms with van der Waals surface area (Å²) in [6.45, 7) is 2.64. The first-order chi connectivity index (χ1) is 7.60. The predicted molar refractivity (Wildman–Crippen MR) is 62.2 cm³/mol. The number of nitrogens with zero attached hydrogens (tertiary/aromatic N) is 2. The van der Waals surface area contributed by atoms with Crippen LogP contribution in [-0.2, 0) is 4.79 Å². The number of hydrogen-bond donors (Lipinski definition) is 2. The summed E-state index contributed by atoms with van der Waals surface area (Å²) in [5, 5.41) is 11.5. The third kappa shape index (κ3) is 2.87. The second-order valence-electron chi connectivity index (χ2n) is 4.50. The van der Waals surface area contributed by atoms with E-state index in [1.165, 1.54) is 19.3 Å². The Morgan fingerprint density at radius 3 is 2.62 bits per heavy atom. The molecule has 1 fully saturated rings. The van der Waals surface area contributed by atoms with Gasteiger partial charge in [0.25, 0.3) is 0 Å². The fourth-order valence-corrected chi connectivity index (χ4v) is 2.00. The van der Waals surface area contributed by atoms with Crippen molar-refractivity contribution in [3.8, 4) is 0 Å². The Balaban J connectivity index is 2.52. The molecule has 0 radical (unpaired) electrons. The third-order valence-electron chi connectivity index (χ3n) is 3.31. The normalized spacial score (nSPS) is 19.0. The van der Waals surface area contributed by atoms with E-state index in [0.29, 0.717) is 12.3 Å². The summed E-state index contributed by atoms with van der Waals surface area (Å²) in [6.07, 6.45) is 4.24. The first kappa shape index (κ1) is 12.8. The van der Waals surface area contributed by atoms with Crippen molar-refractivity contribution in [2.24, 2.45) is 22.7 Å². The van der Waals surface area contributed by atoms with Gasteiger partial charge in [-0.2, -0.15) is 0 Å². The quantitative estimate of drug-likeness (QED) is 0.318. The molecule has 0 heterocycles. The highest BCUT2D eigenvalue weighted by molar-refractivity contribution is 6.01. The van der Waals surface area contributed by atoms with E-state index >= 15 is 0 Å². The molecule has 92 valence electrons. The van der Waals surface area contributed by atoms with E-state index in [2.05, 4.69) is 5.16 Å². The highest BCUT2D eigenvalue weighted by Gasteiger charge is 2.27. The summed E-state index contributed by atoms with van der Waals surface area (Å²) in [7, 11) is 1.79. The lowest BCUT2D eigenvalue weighted by molar-refractivity contribution is -0.133. The standard InChI is InChI=1S/C11H21N3O2/c1-3-9(10(12)13-16)11(15)14(2)7-8-5-4-6-8/h8-9,16H,3-7H2,1-2H3,(H2,12,13). The Morgan fingerprint density at radius 2 is 2.25 bits per heavy atom. The minimum absolute atomic E-state index is 0.00737. The van der Waals surface area contributed by atoms with Crippen molar-refractivity contribution in [1.82, 2.24) is 4.90 Å². The fraction of sp³-hybridized carbons (Fsp3) is 0.818. The van der Waals surface area contributed by atoms with Gasteiger partial charge in [0.1, 0.15) is 0 Å². The van der Waals surface area contributed by atoms with Crippen LogP contribution in [0, 0.1) is 11.8 Å². The average Bonchev–Trinajstić information content (AvgIpc) is 2.23. The number of carbonyl (C=O) groups is 1. The summed E-state index contributed by atoms with van der Waals surface area (Å²) in [5.41, 5.74) is 5.50. The zero-order valence-electron chi connectivity index (χ0n) is 10.0. The van der Waals surface area contributed by atoms with Gasteiger partial charge in [-0.1, -0.05) is 18.5 Å². The molecule has 0 spiro atoms. The second-order valence-corrected chi connectivity index (χ2v) is 4.50. The molecule has 5 nitrogen and oxygen atoms in total. The lowest BCUT2D eigenvalue weighted by Gasteiger charge is -2.31. The molecule has 1 amide bonds. The highest BCUT2D eigenvalue weighted by atomic mass is 16.4. The SMILES string of the molecule is CCC(C(=O)N(C)CC1CCC1)C(N)=NO. The molecule has 1 aliphatic carbocycles. The fourth-order valence-electron chi connectivity index (χ4n) is 2.00. The minimum atomic E-state index is -0.491. The van der Waals surface area contributed by atoms with Gasteiger partial charge >= 0.3 is 0 Å². The number of hydrogen-bond acceptors (Lipinski definition) is 3. The van der Waals surface area contributed by atoms with E-state index in [9.17, 15) is 4.79 Å². The first-order valence-corrected chi connectivity index (χ1v) is 5.82. The number of nitrogens with two attached hydrogens (primary N) is 1. The van der Waals surface area contributed by atoms with E-state index in [0.717, 1.165) is 6.54 Å². The molecule has 1 saturated carbocycles. The van der Waals surface area contributed by atoms with Crippen molar-refractivity contribution >= 4 is 11.7 Å². The van der Waals surface area contributed by atoms with Gasteiger partial charge in [-0.3, -0.25) is 4.79 Å². The summed E-state index contributed by atoms with van der Waals surface area (Å²) >= 11 is 0. The zero-order valence-corrected chi connectivity index (χ0v) is 10.0. The van der Waals surface area contributed by atoms with Crippen LogP contribution in [0.2, 0.25) is 0 Å². The maximum absolute atomic E-state index is 12.0. The van der Waals surface area contributed by atoms with Gasteiger partial charge in [-0.05, 0) is 25.2 Å². The van der Waals surface area contributed by atoms with E-state index in [4.69, 9.17) is 10.9 Å². The van der Waals surface area contributed by atoms with Crippen molar-refractivity contribution in [1.29, 1.82) is 0 Å². The van der Waals surface area contributed by atoms with Crippen molar-refractivity contribution in [3.63, 3.8) is 0 Å². The molecule has 0 aromatic carbocycles. The molecule has 1 atom stereocenters. The number of carbonyl (C=O) groups excluding carboxylic acids is 1. The summed E-state index contributed by atoms with van der Waals surface area (Å²) in [4.78, 5) is 13.7. The molecule has 5 heteroatoms. The Kier molecular flexibility index (Phi) is 4.58. The average molecular weight is 227 g/mol. The largest absolute Gasteiger partial charge is 0.409 e. The highest BCUT2D eigenvalue weighted by Crippen LogP contribution is 2.27. The van der Waals surface area contributed by atoms with E-state index in [1.807, 2.05) is 6.92 Å². The van der Waals surface area contributed by atoms with Crippen LogP contribution in [0.25, 0.3) is 0 Å². The molecule has 16 heavy (non-hydrogen) atoms. The van der Waals surface area contributed by atoms with Gasteiger partial charge in [-0.15, -0.1) is 0 Å². The van der Waals surface area contributed by atoms with Crippen molar-refractivity contribution in [2.45, 2.75) is 32.6 Å². The van der Waals surface area contributed by atoms with Crippen LogP contribution in [0.4, 0.5) is 0 Å². The maximum atomic E-state index is 12.0. The van der Waals surface area contributed by atoms with Gasteiger partial charge < -0.3 is 15.8 Å². The van der Waals surface area contributed by atoms with Crippen LogP contribution in [0.3, 0.4) is 0 Å². The molecule has 1 rings (SSSR count). The molecule has 3 N–H and O–H groups in total. The number of oxime groups is 1. The monoisotopic (exact) mass is 227 g/mol. The molecule has 0 aromatic rings. The van der Waals surface area contributed by atoms with Gasteiger partial charge in [0.2, 0.25) is 5.91 Å². The molecule has 0 bridgehead atoms. The molecule has 0 aromatic heterocycles. The topological polar surface area (TPSA) is 78.9 Å². The molecule has 0 saturated heterocycles. The Bertz CT molecular complexity index is 274. The first-order valence-electron chi connectivity index (χ1n) is 5.82. The Labute approximate surface area is 96.3 Å². The molecular formula is C11H21N3O2. The van der Waals surface area contributed by atoms with Gasteiger partial charge in [0.15, 0.2) is 5.84 Å². The molecule has 1 unspecified atom stereocenters. The van der Waals surface area contributed by atoms with Crippen molar-refractivity contribution in [3.05, 3.63) is 0 Å². The van der Waals surface area contributed by atoms with Crippen molar-refractivity contribution in [2.75, 3.05) is 13.6 Å². The van der Waals surface area contributed by atoms with Gasteiger partial charge in [0, 0.05) is 13.6 Å². The Morgan fingerprint density at radius 1 is 1.62 bits per heavy atom. The predicted octanol–water partition coefficient (Wildman–Crippen LogP) is 1.02. The lowest BCUT2D eigenvalue weighted by atomic mass is 9.85. The number of amides is 1. The number of rotatable bonds is 5. The maximum Gasteiger partial charge on any atom is 0.233 e. The molecular weight excluding hydrogens is 206 g/mol. The van der Waals surface area contributed by atoms with E-state index in [-0.39, 0.29) is 11.7 Å². The van der Waals surface area contributed by atoms with E-state index in [1.54, 1.807) is 11.9 Å². The summed E-state index contributed by atoms with van der Waals surface area (Å²) in [6, 6.07) is 0. The second kappa shape index (κ2) is 5.72. The summed E-state index contributed by atoms with van der Waals surface area (Å²) < 4.78 is 0. The Hall–Kier alpha value is -1.26. The van der Waals surface area contributed by atoms with E-state index < -0.39 is 5.92 Å². The lowest BCUT2D eigenvalue weighted by Crippen LogP contribution is -2.42.